The largest absolute Gasteiger partial charge is 0.381 e. The minimum Gasteiger partial charge on any atom is -0.381 e. The van der Waals surface area contributed by atoms with E-state index in [9.17, 15) is 0 Å². The second-order valence-electron chi connectivity index (χ2n) is 5.06. The van der Waals surface area contributed by atoms with E-state index >= 15 is 0 Å². The number of hydrogen-bond acceptors (Lipinski definition) is 3. The molecule has 1 aromatic heterocycles. The van der Waals surface area contributed by atoms with E-state index in [0.29, 0.717) is 5.92 Å². The van der Waals surface area contributed by atoms with Crippen LogP contribution in [-0.4, -0.2) is 23.0 Å². The highest BCUT2D eigenvalue weighted by molar-refractivity contribution is 5.31. The molecule has 1 saturated heterocycles. The van der Waals surface area contributed by atoms with E-state index < -0.39 is 0 Å². The van der Waals surface area contributed by atoms with Crippen LogP contribution in [0.15, 0.2) is 42.7 Å². The van der Waals surface area contributed by atoms with Gasteiger partial charge in [-0.05, 0) is 25.0 Å². The SMILES string of the molecule is NC(c1cnn(-c2ccccc2)c1)C1CCCOC1. The van der Waals surface area contributed by atoms with Crippen molar-refractivity contribution in [2.45, 2.75) is 18.9 Å². The lowest BCUT2D eigenvalue weighted by molar-refractivity contribution is 0.0447. The Labute approximate surface area is 113 Å². The normalized spacial score (nSPS) is 21.2. The molecule has 0 spiro atoms. The Morgan fingerprint density at radius 1 is 1.32 bits per heavy atom. The average Bonchev–Trinajstić information content (AvgIpc) is 2.98. The van der Waals surface area contributed by atoms with Gasteiger partial charge in [0.1, 0.15) is 0 Å². The first-order valence-corrected chi connectivity index (χ1v) is 6.78. The van der Waals surface area contributed by atoms with Crippen molar-refractivity contribution in [2.24, 2.45) is 11.7 Å². The van der Waals surface area contributed by atoms with Crippen LogP contribution in [0.5, 0.6) is 0 Å². The van der Waals surface area contributed by atoms with Gasteiger partial charge in [-0.25, -0.2) is 4.68 Å². The number of aromatic nitrogens is 2. The first-order chi connectivity index (χ1) is 9.34. The maximum absolute atomic E-state index is 6.33. The zero-order valence-corrected chi connectivity index (χ0v) is 10.9. The first-order valence-electron chi connectivity index (χ1n) is 6.78. The fraction of sp³-hybridized carbons (Fsp3) is 0.400. The fourth-order valence-electron chi connectivity index (χ4n) is 2.55. The Morgan fingerprint density at radius 2 is 2.16 bits per heavy atom. The minimum absolute atomic E-state index is 0.0118. The molecule has 4 nitrogen and oxygen atoms in total. The van der Waals surface area contributed by atoms with Crippen LogP contribution in [0, 0.1) is 5.92 Å². The Balaban J connectivity index is 1.77. The van der Waals surface area contributed by atoms with Crippen molar-refractivity contribution < 1.29 is 4.74 Å². The van der Waals surface area contributed by atoms with E-state index in [1.807, 2.05) is 47.4 Å². The van der Waals surface area contributed by atoms with E-state index in [4.69, 9.17) is 10.5 Å². The molecule has 1 fully saturated rings. The molecule has 19 heavy (non-hydrogen) atoms. The van der Waals surface area contributed by atoms with E-state index in [0.717, 1.165) is 37.3 Å². The molecular weight excluding hydrogens is 238 g/mol. The van der Waals surface area contributed by atoms with Gasteiger partial charge in [-0.15, -0.1) is 0 Å². The quantitative estimate of drug-likeness (QED) is 0.918. The summed E-state index contributed by atoms with van der Waals surface area (Å²) in [5.41, 5.74) is 8.47. The first kappa shape index (κ1) is 12.4. The summed E-state index contributed by atoms with van der Waals surface area (Å²) in [6.45, 7) is 1.63. The summed E-state index contributed by atoms with van der Waals surface area (Å²) in [5.74, 6) is 0.405. The maximum atomic E-state index is 6.33. The Hall–Kier alpha value is -1.65. The highest BCUT2D eigenvalue weighted by Gasteiger charge is 2.23. The third-order valence-electron chi connectivity index (χ3n) is 3.71. The summed E-state index contributed by atoms with van der Waals surface area (Å²) in [5, 5.41) is 4.40. The van der Waals surface area contributed by atoms with Crippen molar-refractivity contribution in [3.8, 4) is 5.69 Å². The molecule has 2 heterocycles. The summed E-state index contributed by atoms with van der Waals surface area (Å²) in [7, 11) is 0. The van der Waals surface area contributed by atoms with Gasteiger partial charge in [-0.2, -0.15) is 5.10 Å². The topological polar surface area (TPSA) is 53.1 Å². The number of nitrogens with two attached hydrogens (primary N) is 1. The monoisotopic (exact) mass is 257 g/mol. The maximum Gasteiger partial charge on any atom is 0.0645 e. The van der Waals surface area contributed by atoms with Crippen LogP contribution >= 0.6 is 0 Å². The molecule has 0 saturated carbocycles. The van der Waals surface area contributed by atoms with Gasteiger partial charge in [0.15, 0.2) is 0 Å². The van der Waals surface area contributed by atoms with Crippen LogP contribution in [0.1, 0.15) is 24.4 Å². The Kier molecular flexibility index (Phi) is 3.62. The summed E-state index contributed by atoms with van der Waals surface area (Å²) in [4.78, 5) is 0. The molecule has 2 N–H and O–H groups in total. The predicted octanol–water partition coefficient (Wildman–Crippen LogP) is 2.30. The molecule has 0 aliphatic carbocycles. The smallest absolute Gasteiger partial charge is 0.0645 e. The zero-order valence-electron chi connectivity index (χ0n) is 10.9. The van der Waals surface area contributed by atoms with Crippen LogP contribution in [0.3, 0.4) is 0 Å². The molecule has 1 aromatic carbocycles. The Morgan fingerprint density at radius 3 is 2.89 bits per heavy atom. The van der Waals surface area contributed by atoms with Crippen LogP contribution in [-0.2, 0) is 4.74 Å². The summed E-state index contributed by atoms with van der Waals surface area (Å²) >= 11 is 0. The van der Waals surface area contributed by atoms with Crippen LogP contribution < -0.4 is 5.73 Å². The molecule has 1 aliphatic heterocycles. The molecule has 100 valence electrons. The lowest BCUT2D eigenvalue weighted by Gasteiger charge is -2.26. The van der Waals surface area contributed by atoms with E-state index in [1.54, 1.807) is 0 Å². The third-order valence-corrected chi connectivity index (χ3v) is 3.71. The highest BCUT2D eigenvalue weighted by Crippen LogP contribution is 2.26. The lowest BCUT2D eigenvalue weighted by Crippen LogP contribution is -2.28. The zero-order chi connectivity index (χ0) is 13.1. The highest BCUT2D eigenvalue weighted by atomic mass is 16.5. The molecule has 2 aromatic rings. The molecule has 3 rings (SSSR count). The molecule has 0 radical (unpaired) electrons. The van der Waals surface area contributed by atoms with Gasteiger partial charge in [0.25, 0.3) is 0 Å². The standard InChI is InChI=1S/C15H19N3O/c16-15(12-5-4-8-19-11-12)13-9-17-18(10-13)14-6-2-1-3-7-14/h1-3,6-7,9-10,12,15H,4-5,8,11,16H2. The van der Waals surface area contributed by atoms with Crippen molar-refractivity contribution in [3.63, 3.8) is 0 Å². The summed E-state index contributed by atoms with van der Waals surface area (Å²) < 4.78 is 7.38. The predicted molar refractivity (Wildman–Crippen MR) is 74.0 cm³/mol. The van der Waals surface area contributed by atoms with Gasteiger partial charge in [0.05, 0.1) is 18.5 Å². The van der Waals surface area contributed by atoms with E-state index in [-0.39, 0.29) is 6.04 Å². The average molecular weight is 257 g/mol. The van der Waals surface area contributed by atoms with Crippen molar-refractivity contribution in [3.05, 3.63) is 48.3 Å². The second-order valence-corrected chi connectivity index (χ2v) is 5.06. The second kappa shape index (κ2) is 5.55. The third kappa shape index (κ3) is 2.69. The van der Waals surface area contributed by atoms with Gasteiger partial charge >= 0.3 is 0 Å². The number of rotatable bonds is 3. The van der Waals surface area contributed by atoms with Crippen molar-refractivity contribution in [2.75, 3.05) is 13.2 Å². The molecule has 2 atom stereocenters. The summed E-state index contributed by atoms with van der Waals surface area (Å²) in [6.07, 6.45) is 6.13. The number of ether oxygens (including phenoxy) is 1. The van der Waals surface area contributed by atoms with Gasteiger partial charge < -0.3 is 10.5 Å². The molecular formula is C15H19N3O. The van der Waals surface area contributed by atoms with Crippen LogP contribution in [0.4, 0.5) is 0 Å². The molecule has 0 amide bonds. The van der Waals surface area contributed by atoms with Crippen molar-refractivity contribution in [1.29, 1.82) is 0 Å². The van der Waals surface area contributed by atoms with Crippen LogP contribution in [0.25, 0.3) is 5.69 Å². The number of para-hydroxylation sites is 1. The van der Waals surface area contributed by atoms with Crippen LogP contribution in [0.2, 0.25) is 0 Å². The molecule has 4 heteroatoms. The molecule has 0 bridgehead atoms. The van der Waals surface area contributed by atoms with Gasteiger partial charge in [-0.1, -0.05) is 18.2 Å². The number of hydrogen-bond donors (Lipinski definition) is 1. The Bertz CT molecular complexity index is 517. The van der Waals surface area contributed by atoms with Crippen molar-refractivity contribution in [1.82, 2.24) is 9.78 Å². The number of benzene rings is 1. The number of nitrogens with zero attached hydrogens (tertiary/aromatic N) is 2. The van der Waals surface area contributed by atoms with Gasteiger partial charge in [0.2, 0.25) is 0 Å². The minimum atomic E-state index is 0.0118. The summed E-state index contributed by atoms with van der Waals surface area (Å²) in [6, 6.07) is 10.1. The molecule has 2 unspecified atom stereocenters. The lowest BCUT2D eigenvalue weighted by atomic mass is 9.91. The van der Waals surface area contributed by atoms with E-state index in [1.165, 1.54) is 0 Å². The van der Waals surface area contributed by atoms with Crippen molar-refractivity contribution >= 4 is 0 Å². The van der Waals surface area contributed by atoms with Gasteiger partial charge in [-0.3, -0.25) is 0 Å². The van der Waals surface area contributed by atoms with E-state index in [2.05, 4.69) is 5.10 Å². The molecule has 1 aliphatic rings. The van der Waals surface area contributed by atoms with Gasteiger partial charge in [0, 0.05) is 30.3 Å². The fourth-order valence-corrected chi connectivity index (χ4v) is 2.55.